The number of benzene rings is 4. The lowest BCUT2D eigenvalue weighted by Gasteiger charge is -2.34. The third-order valence-electron chi connectivity index (χ3n) is 8.40. The molecule has 0 bridgehead atoms. The molecule has 0 aromatic heterocycles. The number of carbonyl (C=O) groups is 1. The van der Waals surface area contributed by atoms with Crippen molar-refractivity contribution in [2.75, 3.05) is 39.8 Å². The number of hydrazone groups is 1. The summed E-state index contributed by atoms with van der Waals surface area (Å²) >= 11 is 0. The van der Waals surface area contributed by atoms with Crippen molar-refractivity contribution < 1.29 is 17.9 Å². The van der Waals surface area contributed by atoms with Gasteiger partial charge in [-0.25, -0.2) is 13.4 Å². The Morgan fingerprint density at radius 1 is 0.884 bits per heavy atom. The van der Waals surface area contributed by atoms with Crippen LogP contribution in [0, 0.1) is 13.8 Å². The van der Waals surface area contributed by atoms with E-state index in [1.807, 2.05) is 67.3 Å². The Balaban J connectivity index is 1.20. The molecule has 0 saturated carbocycles. The van der Waals surface area contributed by atoms with Gasteiger partial charge in [-0.2, -0.15) is 9.41 Å². The number of nitrogens with zero attached hydrogens (tertiary/aromatic N) is 4. The van der Waals surface area contributed by atoms with Gasteiger partial charge in [-0.1, -0.05) is 60.7 Å². The van der Waals surface area contributed by atoms with Crippen molar-refractivity contribution in [3.63, 3.8) is 0 Å². The summed E-state index contributed by atoms with van der Waals surface area (Å²) in [6, 6.07) is 27.5. The minimum absolute atomic E-state index is 0.109. The van der Waals surface area contributed by atoms with E-state index in [0.29, 0.717) is 37.5 Å². The molecule has 0 N–H and O–H groups in total. The van der Waals surface area contributed by atoms with Crippen molar-refractivity contribution >= 4 is 32.4 Å². The van der Waals surface area contributed by atoms with Crippen LogP contribution in [0.3, 0.4) is 0 Å². The molecule has 1 saturated heterocycles. The van der Waals surface area contributed by atoms with Crippen LogP contribution in [0.15, 0.2) is 94.9 Å². The molecule has 0 unspecified atom stereocenters. The van der Waals surface area contributed by atoms with E-state index in [0.717, 1.165) is 44.5 Å². The van der Waals surface area contributed by atoms with Gasteiger partial charge in [-0.3, -0.25) is 9.69 Å². The van der Waals surface area contributed by atoms with Crippen LogP contribution >= 0.6 is 0 Å². The molecule has 2 aliphatic heterocycles. The summed E-state index contributed by atoms with van der Waals surface area (Å²) in [5.41, 5.74) is 4.50. The van der Waals surface area contributed by atoms with E-state index in [9.17, 15) is 13.2 Å². The maximum Gasteiger partial charge on any atom is 0.257 e. The molecule has 0 aliphatic carbocycles. The van der Waals surface area contributed by atoms with Gasteiger partial charge in [0.15, 0.2) is 0 Å². The summed E-state index contributed by atoms with van der Waals surface area (Å²) in [4.78, 5) is 16.2. The zero-order valence-corrected chi connectivity index (χ0v) is 25.5. The van der Waals surface area contributed by atoms with Crippen LogP contribution in [0.25, 0.3) is 10.8 Å². The van der Waals surface area contributed by atoms with Crippen LogP contribution in [-0.2, 0) is 14.8 Å². The minimum Gasteiger partial charge on any atom is -0.497 e. The number of amides is 1. The molecule has 8 nitrogen and oxygen atoms in total. The third-order valence-corrected chi connectivity index (χ3v) is 10.4. The predicted octanol–water partition coefficient (Wildman–Crippen LogP) is 5.15. The summed E-state index contributed by atoms with van der Waals surface area (Å²) in [7, 11) is -1.97. The minimum atomic E-state index is -3.61. The Hall–Kier alpha value is -4.05. The predicted molar refractivity (Wildman–Crippen MR) is 169 cm³/mol. The molecular weight excluding hydrogens is 560 g/mol. The highest BCUT2D eigenvalue weighted by atomic mass is 32.2. The van der Waals surface area contributed by atoms with Gasteiger partial charge in [0.1, 0.15) is 5.75 Å². The maximum absolute atomic E-state index is 13.8. The molecule has 6 rings (SSSR count). The molecule has 0 radical (unpaired) electrons. The molecular formula is C34H36N4O4S. The SMILES string of the molecule is COc1ccc([C@H]2CC(c3ccc4ccccc4c3)=NN2C(=O)CN2CCN(S(=O)(=O)c3cc(C)ccc3C)CC2)cc1. The van der Waals surface area contributed by atoms with Crippen molar-refractivity contribution in [3.8, 4) is 5.75 Å². The second-order valence-electron chi connectivity index (χ2n) is 11.3. The van der Waals surface area contributed by atoms with E-state index in [4.69, 9.17) is 9.84 Å². The number of piperazine rings is 1. The van der Waals surface area contributed by atoms with Crippen molar-refractivity contribution in [2.24, 2.45) is 5.10 Å². The number of methoxy groups -OCH3 is 1. The third kappa shape index (κ3) is 5.93. The van der Waals surface area contributed by atoms with Gasteiger partial charge < -0.3 is 4.74 Å². The second kappa shape index (κ2) is 11.9. The number of aryl methyl sites for hydroxylation is 2. The van der Waals surface area contributed by atoms with Crippen molar-refractivity contribution in [2.45, 2.75) is 31.2 Å². The number of hydrogen-bond donors (Lipinski definition) is 0. The maximum atomic E-state index is 13.8. The molecule has 2 aliphatic rings. The number of rotatable bonds is 7. The first-order valence-electron chi connectivity index (χ1n) is 14.6. The van der Waals surface area contributed by atoms with E-state index in [2.05, 4.69) is 30.3 Å². The molecule has 222 valence electrons. The van der Waals surface area contributed by atoms with Gasteiger partial charge in [0.2, 0.25) is 10.0 Å². The van der Waals surface area contributed by atoms with Gasteiger partial charge in [-0.15, -0.1) is 0 Å². The van der Waals surface area contributed by atoms with Gasteiger partial charge in [0, 0.05) is 32.6 Å². The highest BCUT2D eigenvalue weighted by Gasteiger charge is 2.35. The monoisotopic (exact) mass is 596 g/mol. The quantitative estimate of drug-likeness (QED) is 0.295. The fraction of sp³-hybridized carbons (Fsp3) is 0.294. The van der Waals surface area contributed by atoms with Crippen LogP contribution in [0.2, 0.25) is 0 Å². The molecule has 2 heterocycles. The number of carbonyl (C=O) groups excluding carboxylic acids is 1. The first kappa shape index (κ1) is 29.0. The second-order valence-corrected chi connectivity index (χ2v) is 13.2. The highest BCUT2D eigenvalue weighted by molar-refractivity contribution is 7.89. The van der Waals surface area contributed by atoms with Gasteiger partial charge in [0.25, 0.3) is 5.91 Å². The molecule has 1 fully saturated rings. The molecule has 1 atom stereocenters. The normalized spacial score (nSPS) is 18.2. The zero-order valence-electron chi connectivity index (χ0n) is 24.7. The van der Waals surface area contributed by atoms with Crippen LogP contribution in [0.1, 0.15) is 34.7 Å². The molecule has 4 aromatic rings. The lowest BCUT2D eigenvalue weighted by atomic mass is 9.97. The number of ether oxygens (including phenoxy) is 1. The Kier molecular flexibility index (Phi) is 8.05. The number of fused-ring (bicyclic) bond motifs is 1. The zero-order chi connectivity index (χ0) is 30.1. The Morgan fingerprint density at radius 2 is 1.60 bits per heavy atom. The topological polar surface area (TPSA) is 82.5 Å². The van der Waals surface area contributed by atoms with Crippen LogP contribution in [0.4, 0.5) is 0 Å². The van der Waals surface area contributed by atoms with E-state index >= 15 is 0 Å². The highest BCUT2D eigenvalue weighted by Crippen LogP contribution is 2.34. The van der Waals surface area contributed by atoms with E-state index < -0.39 is 10.0 Å². The van der Waals surface area contributed by atoms with Gasteiger partial charge in [0.05, 0.1) is 30.3 Å². The largest absolute Gasteiger partial charge is 0.497 e. The molecule has 43 heavy (non-hydrogen) atoms. The first-order valence-corrected chi connectivity index (χ1v) is 16.0. The van der Waals surface area contributed by atoms with Crippen molar-refractivity contribution in [3.05, 3.63) is 107 Å². The Bertz CT molecular complexity index is 1800. The summed E-state index contributed by atoms with van der Waals surface area (Å²) in [5.74, 6) is 0.645. The van der Waals surface area contributed by atoms with E-state index in [1.165, 1.54) is 4.31 Å². The summed E-state index contributed by atoms with van der Waals surface area (Å²) in [5, 5.41) is 8.78. The lowest BCUT2D eigenvalue weighted by Crippen LogP contribution is -2.51. The summed E-state index contributed by atoms with van der Waals surface area (Å²) in [6.45, 7) is 5.48. The van der Waals surface area contributed by atoms with Gasteiger partial charge >= 0.3 is 0 Å². The van der Waals surface area contributed by atoms with Crippen molar-refractivity contribution in [1.82, 2.24) is 14.2 Å². The summed E-state index contributed by atoms with van der Waals surface area (Å²) in [6.07, 6.45) is 0.596. The Labute approximate surface area is 253 Å². The smallest absolute Gasteiger partial charge is 0.257 e. The van der Waals surface area contributed by atoms with E-state index in [-0.39, 0.29) is 18.5 Å². The number of sulfonamides is 1. The lowest BCUT2D eigenvalue weighted by molar-refractivity contribution is -0.134. The molecule has 1 amide bonds. The fourth-order valence-corrected chi connectivity index (χ4v) is 7.62. The number of hydrogen-bond acceptors (Lipinski definition) is 6. The van der Waals surface area contributed by atoms with Crippen LogP contribution < -0.4 is 4.74 Å². The van der Waals surface area contributed by atoms with Crippen LogP contribution in [0.5, 0.6) is 5.75 Å². The van der Waals surface area contributed by atoms with E-state index in [1.54, 1.807) is 18.2 Å². The average molecular weight is 597 g/mol. The molecule has 0 spiro atoms. The standard InChI is InChI=1S/C34H36N4O4S/c1-24-8-9-25(2)33(20-24)43(40,41)37-18-16-36(17-19-37)23-34(39)38-32(27-12-14-30(42-3)15-13-27)22-31(35-38)29-11-10-26-6-4-5-7-28(26)21-29/h4-15,20-21,32H,16-19,22-23H2,1-3H3/t32-/m1/s1. The molecule has 9 heteroatoms. The van der Waals surface area contributed by atoms with Crippen LogP contribution in [-0.4, -0.2) is 74.1 Å². The first-order chi connectivity index (χ1) is 20.7. The van der Waals surface area contributed by atoms with Gasteiger partial charge in [-0.05, 0) is 71.1 Å². The average Bonchev–Trinajstić information content (AvgIpc) is 3.48. The van der Waals surface area contributed by atoms with Crippen molar-refractivity contribution in [1.29, 1.82) is 0 Å². The molecule has 4 aromatic carbocycles. The fourth-order valence-electron chi connectivity index (χ4n) is 5.89. The summed E-state index contributed by atoms with van der Waals surface area (Å²) < 4.78 is 33.7. The Morgan fingerprint density at radius 3 is 2.33 bits per heavy atom.